The van der Waals surface area contributed by atoms with Crippen molar-refractivity contribution >= 4 is 11.4 Å². The van der Waals surface area contributed by atoms with Crippen LogP contribution in [-0.2, 0) is 6.18 Å². The molecule has 0 aliphatic rings. The van der Waals surface area contributed by atoms with Crippen LogP contribution in [0.4, 0.5) is 17.6 Å². The number of halogens is 4. The molecule has 1 aromatic carbocycles. The van der Waals surface area contributed by atoms with Gasteiger partial charge in [0.2, 0.25) is 0 Å². The SMILES string of the molecule is N=C(N)C/C=C(\C=C/N)c1ccc(F)c(C(F)(F)F)c1. The Morgan fingerprint density at radius 2 is 1.95 bits per heavy atom. The van der Waals surface area contributed by atoms with Crippen LogP contribution >= 0.6 is 0 Å². The van der Waals surface area contributed by atoms with Gasteiger partial charge in [-0.15, -0.1) is 0 Å². The molecular formula is C13H13F4N3. The van der Waals surface area contributed by atoms with Crippen molar-refractivity contribution in [3.05, 3.63) is 53.5 Å². The molecule has 0 aliphatic heterocycles. The molecule has 5 N–H and O–H groups in total. The summed E-state index contributed by atoms with van der Waals surface area (Å²) in [7, 11) is 0. The van der Waals surface area contributed by atoms with Crippen LogP contribution in [0.2, 0.25) is 0 Å². The van der Waals surface area contributed by atoms with E-state index in [-0.39, 0.29) is 17.8 Å². The molecule has 7 heteroatoms. The summed E-state index contributed by atoms with van der Waals surface area (Å²) in [6.45, 7) is 0. The molecule has 1 rings (SSSR count). The second kappa shape index (κ2) is 6.23. The fraction of sp³-hybridized carbons (Fsp3) is 0.154. The van der Waals surface area contributed by atoms with Crippen molar-refractivity contribution in [1.82, 2.24) is 0 Å². The summed E-state index contributed by atoms with van der Waals surface area (Å²) in [5.74, 6) is -1.49. The van der Waals surface area contributed by atoms with Crippen LogP contribution in [0.3, 0.4) is 0 Å². The predicted octanol–water partition coefficient (Wildman–Crippen LogP) is 3.03. The van der Waals surface area contributed by atoms with E-state index in [0.717, 1.165) is 12.3 Å². The van der Waals surface area contributed by atoms with Gasteiger partial charge in [-0.1, -0.05) is 12.1 Å². The van der Waals surface area contributed by atoms with Gasteiger partial charge in [-0.25, -0.2) is 4.39 Å². The Hall–Kier alpha value is -2.31. The fourth-order valence-corrected chi connectivity index (χ4v) is 1.53. The van der Waals surface area contributed by atoms with Crippen LogP contribution in [0.25, 0.3) is 5.57 Å². The molecule has 0 fully saturated rings. The molecule has 0 saturated heterocycles. The fourth-order valence-electron chi connectivity index (χ4n) is 1.53. The van der Waals surface area contributed by atoms with E-state index in [0.29, 0.717) is 11.6 Å². The van der Waals surface area contributed by atoms with Crippen LogP contribution < -0.4 is 11.5 Å². The predicted molar refractivity (Wildman–Crippen MR) is 69.2 cm³/mol. The standard InChI is InChI=1S/C13H13F4N3/c14-11-3-1-9(7-10(11)13(15,16)17)8(5-6-18)2-4-12(19)20/h1-3,5-7H,4,18H2,(H3,19,20)/b6-5-,8-2+. The summed E-state index contributed by atoms with van der Waals surface area (Å²) < 4.78 is 51.1. The molecule has 0 aliphatic carbocycles. The number of nitrogens with one attached hydrogen (secondary N) is 1. The van der Waals surface area contributed by atoms with Gasteiger partial charge >= 0.3 is 6.18 Å². The quantitative estimate of drug-likeness (QED) is 0.344. The van der Waals surface area contributed by atoms with E-state index in [2.05, 4.69) is 0 Å². The molecule has 0 saturated carbocycles. The molecule has 0 heterocycles. The first kappa shape index (κ1) is 15.7. The summed E-state index contributed by atoms with van der Waals surface area (Å²) in [5.41, 5.74) is 9.52. The highest BCUT2D eigenvalue weighted by Crippen LogP contribution is 2.33. The van der Waals surface area contributed by atoms with Gasteiger partial charge in [0.05, 0.1) is 11.4 Å². The smallest absolute Gasteiger partial charge is 0.405 e. The lowest BCUT2D eigenvalue weighted by molar-refractivity contribution is -0.140. The Morgan fingerprint density at radius 1 is 1.30 bits per heavy atom. The first-order valence-corrected chi connectivity index (χ1v) is 5.54. The van der Waals surface area contributed by atoms with Crippen molar-refractivity contribution in [1.29, 1.82) is 5.41 Å². The number of hydrogen-bond acceptors (Lipinski definition) is 2. The molecule has 0 unspecified atom stereocenters. The van der Waals surface area contributed by atoms with Crippen LogP contribution in [0.15, 0.2) is 36.6 Å². The van der Waals surface area contributed by atoms with Gasteiger partial charge in [0.25, 0.3) is 0 Å². The van der Waals surface area contributed by atoms with E-state index in [1.54, 1.807) is 0 Å². The van der Waals surface area contributed by atoms with Gasteiger partial charge < -0.3 is 11.5 Å². The molecule has 3 nitrogen and oxygen atoms in total. The number of nitrogens with two attached hydrogens (primary N) is 2. The minimum absolute atomic E-state index is 0.0540. The summed E-state index contributed by atoms with van der Waals surface area (Å²) in [5, 5.41) is 7.10. The molecule has 0 bridgehead atoms. The number of rotatable bonds is 4. The minimum Gasteiger partial charge on any atom is -0.405 e. The third-order valence-electron chi connectivity index (χ3n) is 2.42. The number of alkyl halides is 3. The van der Waals surface area contributed by atoms with E-state index in [1.807, 2.05) is 0 Å². The highest BCUT2D eigenvalue weighted by Gasteiger charge is 2.34. The number of amidine groups is 1. The van der Waals surface area contributed by atoms with Crippen molar-refractivity contribution in [3.8, 4) is 0 Å². The van der Waals surface area contributed by atoms with E-state index < -0.39 is 17.6 Å². The molecule has 20 heavy (non-hydrogen) atoms. The monoisotopic (exact) mass is 287 g/mol. The first-order chi connectivity index (χ1) is 9.25. The van der Waals surface area contributed by atoms with Gasteiger partial charge in [-0.05, 0) is 35.5 Å². The lowest BCUT2D eigenvalue weighted by Gasteiger charge is -2.11. The normalized spacial score (nSPS) is 12.9. The maximum atomic E-state index is 13.2. The second-order valence-electron chi connectivity index (χ2n) is 3.94. The zero-order valence-electron chi connectivity index (χ0n) is 10.3. The molecule has 0 atom stereocenters. The van der Waals surface area contributed by atoms with Crippen molar-refractivity contribution in [2.24, 2.45) is 11.5 Å². The summed E-state index contributed by atoms with van der Waals surface area (Å²) in [6.07, 6.45) is -0.783. The summed E-state index contributed by atoms with van der Waals surface area (Å²) in [4.78, 5) is 0. The summed E-state index contributed by atoms with van der Waals surface area (Å²) in [6, 6.07) is 2.64. The lowest BCUT2D eigenvalue weighted by atomic mass is 10.0. The number of hydrogen-bond donors (Lipinski definition) is 3. The van der Waals surface area contributed by atoms with E-state index in [4.69, 9.17) is 16.9 Å². The minimum atomic E-state index is -4.78. The van der Waals surface area contributed by atoms with Gasteiger partial charge in [-0.2, -0.15) is 13.2 Å². The average Bonchev–Trinajstić information content (AvgIpc) is 2.33. The molecule has 0 amide bonds. The van der Waals surface area contributed by atoms with Crippen molar-refractivity contribution < 1.29 is 17.6 Å². The molecule has 0 radical (unpaired) electrons. The van der Waals surface area contributed by atoms with Crippen LogP contribution in [0.1, 0.15) is 17.5 Å². The number of benzene rings is 1. The Morgan fingerprint density at radius 3 is 2.45 bits per heavy atom. The maximum absolute atomic E-state index is 13.2. The van der Waals surface area contributed by atoms with Crippen molar-refractivity contribution in [3.63, 3.8) is 0 Å². The van der Waals surface area contributed by atoms with Crippen LogP contribution in [0.5, 0.6) is 0 Å². The molecule has 108 valence electrons. The number of allylic oxidation sites excluding steroid dienone is 2. The van der Waals surface area contributed by atoms with Gasteiger partial charge in [0.15, 0.2) is 0 Å². The van der Waals surface area contributed by atoms with Crippen LogP contribution in [-0.4, -0.2) is 5.84 Å². The molecule has 0 spiro atoms. The van der Waals surface area contributed by atoms with E-state index in [1.165, 1.54) is 18.2 Å². The third kappa shape index (κ3) is 4.11. The van der Waals surface area contributed by atoms with Crippen molar-refractivity contribution in [2.45, 2.75) is 12.6 Å². The zero-order chi connectivity index (χ0) is 15.3. The largest absolute Gasteiger partial charge is 0.419 e. The Balaban J connectivity index is 3.29. The summed E-state index contributed by atoms with van der Waals surface area (Å²) >= 11 is 0. The highest BCUT2D eigenvalue weighted by atomic mass is 19.4. The Kier molecular flexibility index (Phi) is 4.90. The lowest BCUT2D eigenvalue weighted by Crippen LogP contribution is -2.09. The van der Waals surface area contributed by atoms with Crippen molar-refractivity contribution in [2.75, 3.05) is 0 Å². The molecular weight excluding hydrogens is 274 g/mol. The van der Waals surface area contributed by atoms with Gasteiger partial charge in [0.1, 0.15) is 5.82 Å². The molecule has 0 aromatic heterocycles. The van der Waals surface area contributed by atoms with E-state index in [9.17, 15) is 17.6 Å². The maximum Gasteiger partial charge on any atom is 0.419 e. The van der Waals surface area contributed by atoms with Gasteiger partial charge in [0, 0.05) is 6.42 Å². The highest BCUT2D eigenvalue weighted by molar-refractivity contribution is 5.83. The van der Waals surface area contributed by atoms with E-state index >= 15 is 0 Å². The Bertz CT molecular complexity index is 559. The Labute approximate surface area is 113 Å². The third-order valence-corrected chi connectivity index (χ3v) is 2.42. The first-order valence-electron chi connectivity index (χ1n) is 5.54. The van der Waals surface area contributed by atoms with Gasteiger partial charge in [-0.3, -0.25) is 5.41 Å². The average molecular weight is 287 g/mol. The topological polar surface area (TPSA) is 75.9 Å². The molecule has 1 aromatic rings. The second-order valence-corrected chi connectivity index (χ2v) is 3.94. The zero-order valence-corrected chi connectivity index (χ0v) is 10.3. The van der Waals surface area contributed by atoms with Crippen LogP contribution in [0, 0.1) is 11.2 Å².